The van der Waals surface area contributed by atoms with E-state index in [0.29, 0.717) is 17.4 Å². The van der Waals surface area contributed by atoms with Gasteiger partial charge in [-0.25, -0.2) is 0 Å². The number of carbonyl (C=O) groups is 2. The Kier molecular flexibility index (Phi) is 15.1. The number of hydrogen-bond acceptors (Lipinski definition) is 5. The van der Waals surface area contributed by atoms with Crippen LogP contribution in [-0.4, -0.2) is 61.4 Å². The molecule has 0 spiro atoms. The van der Waals surface area contributed by atoms with Gasteiger partial charge in [0.2, 0.25) is 0 Å². The molecular weight excluding hydrogens is 358 g/mol. The van der Waals surface area contributed by atoms with E-state index < -0.39 is 12.1 Å². The normalized spacial score (nSPS) is 13.9. The van der Waals surface area contributed by atoms with Crippen LogP contribution in [0.3, 0.4) is 0 Å². The molecule has 0 aliphatic carbocycles. The van der Waals surface area contributed by atoms with Crippen LogP contribution in [0.2, 0.25) is 0 Å². The van der Waals surface area contributed by atoms with Crippen LogP contribution in [0.25, 0.3) is 0 Å². The molecule has 0 radical (unpaired) electrons. The van der Waals surface area contributed by atoms with Gasteiger partial charge in [-0.05, 0) is 19.3 Å². The number of aliphatic hydroxyl groups excluding tert-OH is 1. The third-order valence-electron chi connectivity index (χ3n) is 4.75. The van der Waals surface area contributed by atoms with Crippen molar-refractivity contribution < 1.29 is 29.0 Å². The number of carboxylic acids is 1. The summed E-state index contributed by atoms with van der Waals surface area (Å²) in [5, 5.41) is 20.9. The predicted octanol–water partition coefficient (Wildman–Crippen LogP) is 2.81. The maximum absolute atomic E-state index is 12.0. The van der Waals surface area contributed by atoms with Gasteiger partial charge in [-0.2, -0.15) is 0 Å². The molecule has 0 saturated carbocycles. The van der Waals surface area contributed by atoms with E-state index >= 15 is 0 Å². The molecule has 6 heteroatoms. The highest BCUT2D eigenvalue weighted by Crippen LogP contribution is 2.14. The number of nitrogens with zero attached hydrogens (tertiary/aromatic N) is 1. The zero-order chi connectivity index (χ0) is 21.4. The van der Waals surface area contributed by atoms with Crippen LogP contribution in [0, 0.1) is 0 Å². The van der Waals surface area contributed by atoms with Crippen molar-refractivity contribution in [1.82, 2.24) is 0 Å². The Bertz CT molecular complexity index is 420. The molecule has 0 heterocycles. The first kappa shape index (κ1) is 26.9. The molecule has 0 fully saturated rings. The van der Waals surface area contributed by atoms with Crippen molar-refractivity contribution in [3.63, 3.8) is 0 Å². The summed E-state index contributed by atoms with van der Waals surface area (Å²) in [5.74, 6) is -1.56. The zero-order valence-corrected chi connectivity index (χ0v) is 18.6. The SMILES string of the molecule is CCCCCCCCC(O)CCCCCC(=O)OC(CC(=O)[O-])C[N+](C)(C)C. The third kappa shape index (κ3) is 18.2. The van der Waals surface area contributed by atoms with Crippen molar-refractivity contribution >= 4 is 11.9 Å². The summed E-state index contributed by atoms with van der Waals surface area (Å²) in [5.41, 5.74) is 0. The Morgan fingerprint density at radius 2 is 1.46 bits per heavy atom. The first-order valence-electron chi connectivity index (χ1n) is 11.0. The summed E-state index contributed by atoms with van der Waals surface area (Å²) in [6.07, 6.45) is 10.6. The van der Waals surface area contributed by atoms with Gasteiger partial charge in [-0.1, -0.05) is 58.3 Å². The molecule has 6 nitrogen and oxygen atoms in total. The molecule has 0 saturated heterocycles. The topological polar surface area (TPSA) is 86.7 Å². The zero-order valence-electron chi connectivity index (χ0n) is 18.6. The van der Waals surface area contributed by atoms with Crippen molar-refractivity contribution in [1.29, 1.82) is 0 Å². The average molecular weight is 402 g/mol. The molecule has 2 atom stereocenters. The number of carbonyl (C=O) groups excluding carboxylic acids is 2. The van der Waals surface area contributed by atoms with Crippen molar-refractivity contribution in [2.45, 2.75) is 103 Å². The first-order chi connectivity index (χ1) is 13.1. The molecule has 28 heavy (non-hydrogen) atoms. The second-order valence-corrected chi connectivity index (χ2v) is 8.97. The van der Waals surface area contributed by atoms with Crippen molar-refractivity contribution in [3.05, 3.63) is 0 Å². The van der Waals surface area contributed by atoms with E-state index in [0.717, 1.165) is 32.1 Å². The van der Waals surface area contributed by atoms with Crippen LogP contribution in [0.1, 0.15) is 90.4 Å². The van der Waals surface area contributed by atoms with Gasteiger partial charge in [0.15, 0.2) is 6.10 Å². The van der Waals surface area contributed by atoms with Crippen LogP contribution in [0.5, 0.6) is 0 Å². The lowest BCUT2D eigenvalue weighted by atomic mass is 10.0. The lowest BCUT2D eigenvalue weighted by Gasteiger charge is -2.29. The fraction of sp³-hybridized carbons (Fsp3) is 0.909. The van der Waals surface area contributed by atoms with Gasteiger partial charge in [-0.15, -0.1) is 0 Å². The standard InChI is InChI=1S/C22H43NO5/c1-5-6-7-8-9-11-14-19(24)15-12-10-13-16-22(27)28-20(17-21(25)26)18-23(2,3)4/h19-20,24H,5-18H2,1-4H3. The van der Waals surface area contributed by atoms with Gasteiger partial charge in [0, 0.05) is 18.8 Å². The van der Waals surface area contributed by atoms with Crippen LogP contribution in [0.4, 0.5) is 0 Å². The number of aliphatic hydroxyl groups is 1. The second-order valence-electron chi connectivity index (χ2n) is 8.97. The number of likely N-dealkylation sites (N-methyl/N-ethyl adjacent to an activating group) is 1. The molecule has 0 aliphatic heterocycles. The maximum Gasteiger partial charge on any atom is 0.306 e. The van der Waals surface area contributed by atoms with E-state index in [4.69, 9.17) is 4.74 Å². The largest absolute Gasteiger partial charge is 0.550 e. The number of esters is 1. The average Bonchev–Trinajstić information content (AvgIpc) is 2.55. The summed E-state index contributed by atoms with van der Waals surface area (Å²) in [7, 11) is 5.77. The lowest BCUT2D eigenvalue weighted by Crippen LogP contribution is -2.45. The summed E-state index contributed by atoms with van der Waals surface area (Å²) >= 11 is 0. The first-order valence-corrected chi connectivity index (χ1v) is 11.0. The number of unbranched alkanes of at least 4 members (excludes halogenated alkanes) is 7. The molecule has 0 aromatic rings. The van der Waals surface area contributed by atoms with Crippen LogP contribution in [-0.2, 0) is 14.3 Å². The summed E-state index contributed by atoms with van der Waals surface area (Å²) in [6.45, 7) is 2.64. The minimum absolute atomic E-state index is 0.241. The third-order valence-corrected chi connectivity index (χ3v) is 4.75. The van der Waals surface area contributed by atoms with Gasteiger partial charge in [-0.3, -0.25) is 4.79 Å². The van der Waals surface area contributed by atoms with E-state index in [2.05, 4.69) is 6.92 Å². The van der Waals surface area contributed by atoms with Crippen LogP contribution >= 0.6 is 0 Å². The van der Waals surface area contributed by atoms with Gasteiger partial charge in [0.05, 0.1) is 27.2 Å². The number of carboxylic acid groups (broad SMARTS) is 1. The van der Waals surface area contributed by atoms with Gasteiger partial charge in [0.25, 0.3) is 0 Å². The predicted molar refractivity (Wildman–Crippen MR) is 109 cm³/mol. The van der Waals surface area contributed by atoms with E-state index in [1.807, 2.05) is 21.1 Å². The smallest absolute Gasteiger partial charge is 0.306 e. The summed E-state index contributed by atoms with van der Waals surface area (Å²) in [4.78, 5) is 22.8. The molecule has 0 aliphatic rings. The van der Waals surface area contributed by atoms with Crippen molar-refractivity contribution in [2.24, 2.45) is 0 Å². The number of ether oxygens (including phenoxy) is 1. The Balaban J connectivity index is 3.82. The number of hydrogen-bond donors (Lipinski definition) is 1. The number of rotatable bonds is 18. The fourth-order valence-electron chi connectivity index (χ4n) is 3.32. The highest BCUT2D eigenvalue weighted by atomic mass is 16.5. The van der Waals surface area contributed by atoms with E-state index in [1.165, 1.54) is 32.1 Å². The maximum atomic E-state index is 12.0. The van der Waals surface area contributed by atoms with E-state index in [-0.39, 0.29) is 24.9 Å². The van der Waals surface area contributed by atoms with E-state index in [1.54, 1.807) is 0 Å². The van der Waals surface area contributed by atoms with Crippen molar-refractivity contribution in [2.75, 3.05) is 27.7 Å². The molecule has 0 bridgehead atoms. The van der Waals surface area contributed by atoms with E-state index in [9.17, 15) is 19.8 Å². The monoisotopic (exact) mass is 401 g/mol. The summed E-state index contributed by atoms with van der Waals surface area (Å²) < 4.78 is 5.85. The lowest BCUT2D eigenvalue weighted by molar-refractivity contribution is -0.873. The fourth-order valence-corrected chi connectivity index (χ4v) is 3.32. The quantitative estimate of drug-likeness (QED) is 0.217. The Hall–Kier alpha value is -1.14. The van der Waals surface area contributed by atoms with Crippen molar-refractivity contribution in [3.8, 4) is 0 Å². The number of quaternary nitrogens is 1. The number of aliphatic carboxylic acids is 1. The highest BCUT2D eigenvalue weighted by molar-refractivity contribution is 5.70. The van der Waals surface area contributed by atoms with Gasteiger partial charge in [0.1, 0.15) is 6.54 Å². The minimum atomic E-state index is -1.20. The highest BCUT2D eigenvalue weighted by Gasteiger charge is 2.22. The molecule has 2 unspecified atom stereocenters. The molecule has 0 aromatic heterocycles. The molecular formula is C22H43NO5. The second kappa shape index (κ2) is 15.7. The molecule has 1 N–H and O–H groups in total. The summed E-state index contributed by atoms with van der Waals surface area (Å²) in [6, 6.07) is 0. The van der Waals surface area contributed by atoms with Crippen LogP contribution in [0.15, 0.2) is 0 Å². The Morgan fingerprint density at radius 3 is 2.00 bits per heavy atom. The minimum Gasteiger partial charge on any atom is -0.550 e. The van der Waals surface area contributed by atoms with Gasteiger partial charge < -0.3 is 24.2 Å². The van der Waals surface area contributed by atoms with Crippen LogP contribution < -0.4 is 5.11 Å². The van der Waals surface area contributed by atoms with Gasteiger partial charge >= 0.3 is 5.97 Å². The molecule has 0 amide bonds. The molecule has 0 aromatic carbocycles. The Morgan fingerprint density at radius 1 is 0.929 bits per heavy atom. The Labute approximate surface area is 171 Å². The molecule has 0 rings (SSSR count). The molecule has 166 valence electrons.